The second-order valence-electron chi connectivity index (χ2n) is 6.30. The Hall–Kier alpha value is -3.85. The second kappa shape index (κ2) is 8.23. The Morgan fingerprint density at radius 3 is 2.57 bits per heavy atom. The molecule has 0 fully saturated rings. The minimum atomic E-state index is -0.490. The number of rotatable bonds is 5. The molecule has 3 rings (SSSR count). The molecule has 0 spiro atoms. The number of aryl methyl sites for hydroxylation is 1. The summed E-state index contributed by atoms with van der Waals surface area (Å²) in [5, 5.41) is 13.0. The van der Waals surface area contributed by atoms with E-state index in [0.29, 0.717) is 11.3 Å². The number of carbonyl (C=O) groups is 2. The summed E-state index contributed by atoms with van der Waals surface area (Å²) in [6.07, 6.45) is 3.26. The molecule has 0 radical (unpaired) electrons. The number of methoxy groups -OCH3 is 1. The van der Waals surface area contributed by atoms with Crippen LogP contribution in [-0.4, -0.2) is 23.6 Å². The van der Waals surface area contributed by atoms with E-state index in [9.17, 15) is 14.9 Å². The molecule has 0 aliphatic rings. The zero-order chi connectivity index (χ0) is 20.1. The van der Waals surface area contributed by atoms with Crippen molar-refractivity contribution in [2.24, 2.45) is 0 Å². The molecule has 2 aromatic carbocycles. The summed E-state index contributed by atoms with van der Waals surface area (Å²) in [7, 11) is 1.33. The monoisotopic (exact) mass is 373 g/mol. The molecular weight excluding hydrogens is 354 g/mol. The van der Waals surface area contributed by atoms with E-state index in [4.69, 9.17) is 4.74 Å². The fraction of sp³-hybridized carbons (Fsp3) is 0.136. The van der Waals surface area contributed by atoms with E-state index in [1.165, 1.54) is 13.2 Å². The molecule has 0 saturated heterocycles. The van der Waals surface area contributed by atoms with Gasteiger partial charge in [-0.1, -0.05) is 35.9 Å². The molecular formula is C22H19N3O3. The van der Waals surface area contributed by atoms with E-state index in [1.807, 2.05) is 49.4 Å². The second-order valence-corrected chi connectivity index (χ2v) is 6.30. The number of aromatic nitrogens is 1. The Balaban J connectivity index is 1.94. The third kappa shape index (κ3) is 4.10. The number of ether oxygens (including phenoxy) is 1. The quantitative estimate of drug-likeness (QED) is 0.420. The number of nitriles is 1. The highest BCUT2D eigenvalue weighted by molar-refractivity contribution is 6.10. The van der Waals surface area contributed by atoms with Gasteiger partial charge in [0.1, 0.15) is 18.2 Å². The van der Waals surface area contributed by atoms with Gasteiger partial charge in [0.25, 0.3) is 5.91 Å². The van der Waals surface area contributed by atoms with E-state index in [1.54, 1.807) is 22.9 Å². The Bertz CT molecular complexity index is 1100. The van der Waals surface area contributed by atoms with Crippen molar-refractivity contribution in [1.29, 1.82) is 5.26 Å². The summed E-state index contributed by atoms with van der Waals surface area (Å²) in [6.45, 7) is 2.00. The summed E-state index contributed by atoms with van der Waals surface area (Å²) in [5.74, 6) is -0.870. The number of benzene rings is 2. The predicted molar refractivity (Wildman–Crippen MR) is 107 cm³/mol. The molecule has 1 heterocycles. The average molecular weight is 373 g/mol. The molecule has 1 N–H and O–H groups in total. The molecule has 0 bridgehead atoms. The maximum absolute atomic E-state index is 12.5. The van der Waals surface area contributed by atoms with Crippen LogP contribution in [0.3, 0.4) is 0 Å². The van der Waals surface area contributed by atoms with Crippen LogP contribution in [0.25, 0.3) is 17.0 Å². The van der Waals surface area contributed by atoms with Crippen LogP contribution in [0.4, 0.5) is 5.69 Å². The fourth-order valence-corrected chi connectivity index (χ4v) is 2.86. The van der Waals surface area contributed by atoms with Crippen molar-refractivity contribution in [2.45, 2.75) is 13.5 Å². The molecule has 0 atom stereocenters. The molecule has 0 aliphatic carbocycles. The standard InChI is InChI=1S/C22H19N3O3/c1-15-7-9-18(10-8-15)24-22(27)16(12-23)11-17-13-25(14-21(26)28-2)20-6-4-3-5-19(17)20/h3-11,13H,14H2,1-2H3,(H,24,27)/b16-11-. The van der Waals surface area contributed by atoms with E-state index >= 15 is 0 Å². The zero-order valence-corrected chi connectivity index (χ0v) is 15.6. The number of fused-ring (bicyclic) bond motifs is 1. The van der Waals surface area contributed by atoms with Gasteiger partial charge in [0, 0.05) is 28.4 Å². The molecule has 28 heavy (non-hydrogen) atoms. The summed E-state index contributed by atoms with van der Waals surface area (Å²) >= 11 is 0. The number of nitrogens with one attached hydrogen (secondary N) is 1. The van der Waals surface area contributed by atoms with Gasteiger partial charge in [-0.05, 0) is 31.2 Å². The lowest BCUT2D eigenvalue weighted by Gasteiger charge is -2.04. The average Bonchev–Trinajstić information content (AvgIpc) is 3.05. The lowest BCUT2D eigenvalue weighted by atomic mass is 10.1. The molecule has 6 heteroatoms. The van der Waals surface area contributed by atoms with E-state index in [-0.39, 0.29) is 18.1 Å². The van der Waals surface area contributed by atoms with E-state index < -0.39 is 5.91 Å². The third-order valence-electron chi connectivity index (χ3n) is 4.32. The maximum Gasteiger partial charge on any atom is 0.325 e. The zero-order valence-electron chi connectivity index (χ0n) is 15.6. The Morgan fingerprint density at radius 1 is 1.18 bits per heavy atom. The van der Waals surface area contributed by atoms with E-state index in [0.717, 1.165) is 16.5 Å². The first-order valence-electron chi connectivity index (χ1n) is 8.66. The maximum atomic E-state index is 12.5. The molecule has 1 aromatic heterocycles. The molecule has 3 aromatic rings. The lowest BCUT2D eigenvalue weighted by Crippen LogP contribution is -2.13. The Labute approximate surface area is 162 Å². The van der Waals surface area contributed by atoms with Crippen LogP contribution in [0.2, 0.25) is 0 Å². The number of para-hydroxylation sites is 1. The summed E-state index contributed by atoms with van der Waals surface area (Å²) in [5.41, 5.74) is 3.16. The number of esters is 1. The molecule has 6 nitrogen and oxygen atoms in total. The Morgan fingerprint density at radius 2 is 1.89 bits per heavy atom. The van der Waals surface area contributed by atoms with Gasteiger partial charge >= 0.3 is 5.97 Å². The number of hydrogen-bond acceptors (Lipinski definition) is 4. The van der Waals surface area contributed by atoms with Gasteiger partial charge in [-0.2, -0.15) is 5.26 Å². The van der Waals surface area contributed by atoms with Crippen molar-refractivity contribution in [3.8, 4) is 6.07 Å². The highest BCUT2D eigenvalue weighted by atomic mass is 16.5. The van der Waals surface area contributed by atoms with Crippen molar-refractivity contribution in [1.82, 2.24) is 4.57 Å². The van der Waals surface area contributed by atoms with Crippen LogP contribution < -0.4 is 5.32 Å². The number of amides is 1. The van der Waals surface area contributed by atoms with Gasteiger partial charge in [-0.3, -0.25) is 9.59 Å². The minimum Gasteiger partial charge on any atom is -0.468 e. The summed E-state index contributed by atoms with van der Waals surface area (Å²) in [4.78, 5) is 24.2. The van der Waals surface area contributed by atoms with Crippen molar-refractivity contribution in [2.75, 3.05) is 12.4 Å². The van der Waals surface area contributed by atoms with Gasteiger partial charge in [0.05, 0.1) is 7.11 Å². The Kier molecular flexibility index (Phi) is 5.56. The first-order chi connectivity index (χ1) is 13.5. The molecule has 1 amide bonds. The molecule has 0 saturated carbocycles. The number of hydrogen-bond donors (Lipinski definition) is 1. The summed E-state index contributed by atoms with van der Waals surface area (Å²) < 4.78 is 6.47. The SMILES string of the molecule is COC(=O)Cn1cc(/C=C(/C#N)C(=O)Nc2ccc(C)cc2)c2ccccc21. The van der Waals surface area contributed by atoms with Crippen molar-refractivity contribution >= 4 is 34.5 Å². The molecule has 0 unspecified atom stereocenters. The van der Waals surface area contributed by atoms with E-state index in [2.05, 4.69) is 5.32 Å². The van der Waals surface area contributed by atoms with Crippen molar-refractivity contribution in [3.05, 3.63) is 71.4 Å². The highest BCUT2D eigenvalue weighted by Gasteiger charge is 2.14. The van der Waals surface area contributed by atoms with Gasteiger partial charge in [0.15, 0.2) is 0 Å². The number of carbonyl (C=O) groups excluding carboxylic acids is 2. The summed E-state index contributed by atoms with van der Waals surface area (Å²) in [6, 6.07) is 16.7. The largest absolute Gasteiger partial charge is 0.468 e. The fourth-order valence-electron chi connectivity index (χ4n) is 2.86. The minimum absolute atomic E-state index is 0.0263. The van der Waals surface area contributed by atoms with Crippen LogP contribution in [0.1, 0.15) is 11.1 Å². The lowest BCUT2D eigenvalue weighted by molar-refractivity contribution is -0.141. The predicted octanol–water partition coefficient (Wildman–Crippen LogP) is 3.67. The highest BCUT2D eigenvalue weighted by Crippen LogP contribution is 2.24. The van der Waals surface area contributed by atoms with Crippen LogP contribution in [0.15, 0.2) is 60.3 Å². The smallest absolute Gasteiger partial charge is 0.325 e. The number of nitrogens with zero attached hydrogens (tertiary/aromatic N) is 2. The van der Waals surface area contributed by atoms with Crippen molar-refractivity contribution in [3.63, 3.8) is 0 Å². The first kappa shape index (κ1) is 18.9. The normalized spacial score (nSPS) is 11.1. The molecule has 140 valence electrons. The van der Waals surface area contributed by atoms with Gasteiger partial charge in [-0.15, -0.1) is 0 Å². The molecule has 0 aliphatic heterocycles. The number of anilines is 1. The van der Waals surface area contributed by atoms with Crippen LogP contribution in [-0.2, 0) is 20.9 Å². The van der Waals surface area contributed by atoms with Gasteiger partial charge < -0.3 is 14.6 Å². The van der Waals surface area contributed by atoms with Gasteiger partial charge in [0.2, 0.25) is 0 Å². The topological polar surface area (TPSA) is 84.1 Å². The van der Waals surface area contributed by atoms with Crippen LogP contribution in [0.5, 0.6) is 0 Å². The third-order valence-corrected chi connectivity index (χ3v) is 4.32. The van der Waals surface area contributed by atoms with Crippen LogP contribution >= 0.6 is 0 Å². The van der Waals surface area contributed by atoms with Crippen LogP contribution in [0, 0.1) is 18.3 Å². The van der Waals surface area contributed by atoms with Crippen molar-refractivity contribution < 1.29 is 14.3 Å². The van der Waals surface area contributed by atoms with Gasteiger partial charge in [-0.25, -0.2) is 0 Å². The first-order valence-corrected chi connectivity index (χ1v) is 8.66.